The van der Waals surface area contributed by atoms with E-state index in [1.807, 2.05) is 6.07 Å². The van der Waals surface area contributed by atoms with Crippen molar-refractivity contribution in [1.29, 1.82) is 0 Å². The molecule has 0 aliphatic rings. The normalized spacial score (nSPS) is 12.6. The fraction of sp³-hybridized carbons (Fsp3) is 0.333. The van der Waals surface area contributed by atoms with Gasteiger partial charge in [0, 0.05) is 0 Å². The summed E-state index contributed by atoms with van der Waals surface area (Å²) in [4.78, 5) is 0. The largest absolute Gasteiger partial charge is 0.497 e. The molecule has 2 heteroatoms. The second kappa shape index (κ2) is 5.19. The Morgan fingerprint density at radius 1 is 1.12 bits per heavy atom. The summed E-state index contributed by atoms with van der Waals surface area (Å²) in [5.41, 5.74) is 7.00. The van der Waals surface area contributed by atoms with Gasteiger partial charge in [0.2, 0.25) is 0 Å². The van der Waals surface area contributed by atoms with Gasteiger partial charge >= 0.3 is 0 Å². The molecule has 2 N–H and O–H groups in total. The molecule has 0 bridgehead atoms. The number of hydrogen-bond donors (Lipinski definition) is 1. The highest BCUT2D eigenvalue weighted by molar-refractivity contribution is 5.84. The maximum atomic E-state index is 5.65. The molecule has 2 aromatic rings. The van der Waals surface area contributed by atoms with Gasteiger partial charge in [-0.3, -0.25) is 0 Å². The predicted molar refractivity (Wildman–Crippen MR) is 72.4 cm³/mol. The van der Waals surface area contributed by atoms with Gasteiger partial charge in [-0.05, 0) is 47.4 Å². The number of rotatable bonds is 4. The topological polar surface area (TPSA) is 35.2 Å². The van der Waals surface area contributed by atoms with Crippen molar-refractivity contribution in [1.82, 2.24) is 0 Å². The van der Waals surface area contributed by atoms with Gasteiger partial charge in [0.15, 0.2) is 0 Å². The first kappa shape index (κ1) is 11.9. The summed E-state index contributed by atoms with van der Waals surface area (Å²) in [5, 5.41) is 2.47. The molecular weight excluding hydrogens is 210 g/mol. The van der Waals surface area contributed by atoms with Crippen LogP contribution in [0.4, 0.5) is 0 Å². The molecule has 0 saturated carbocycles. The molecule has 0 saturated heterocycles. The van der Waals surface area contributed by atoms with E-state index in [9.17, 15) is 0 Å². The molecule has 0 fully saturated rings. The monoisotopic (exact) mass is 229 g/mol. The first-order valence-electron chi connectivity index (χ1n) is 5.99. The number of ether oxygens (including phenoxy) is 1. The average molecular weight is 229 g/mol. The van der Waals surface area contributed by atoms with E-state index in [4.69, 9.17) is 10.5 Å². The van der Waals surface area contributed by atoms with E-state index in [1.54, 1.807) is 7.11 Å². The minimum atomic E-state index is 0.533. The van der Waals surface area contributed by atoms with Crippen LogP contribution in [-0.2, 0) is 6.42 Å². The second-order valence-electron chi connectivity index (χ2n) is 4.59. The molecular formula is C15H19NO. The van der Waals surface area contributed by atoms with Crippen LogP contribution in [0, 0.1) is 5.92 Å². The van der Waals surface area contributed by atoms with Crippen molar-refractivity contribution in [3.05, 3.63) is 42.0 Å². The molecule has 2 aromatic carbocycles. The van der Waals surface area contributed by atoms with Crippen molar-refractivity contribution in [2.24, 2.45) is 11.7 Å². The van der Waals surface area contributed by atoms with Crippen molar-refractivity contribution in [3.63, 3.8) is 0 Å². The van der Waals surface area contributed by atoms with E-state index in [2.05, 4.69) is 37.3 Å². The van der Waals surface area contributed by atoms with Gasteiger partial charge in [-0.15, -0.1) is 0 Å². The summed E-state index contributed by atoms with van der Waals surface area (Å²) in [5.74, 6) is 1.44. The lowest BCUT2D eigenvalue weighted by Gasteiger charge is -2.09. The molecule has 0 spiro atoms. The summed E-state index contributed by atoms with van der Waals surface area (Å²) in [7, 11) is 1.69. The van der Waals surface area contributed by atoms with Crippen LogP contribution in [0.5, 0.6) is 5.75 Å². The van der Waals surface area contributed by atoms with E-state index in [-0.39, 0.29) is 0 Å². The number of fused-ring (bicyclic) bond motifs is 1. The highest BCUT2D eigenvalue weighted by atomic mass is 16.5. The van der Waals surface area contributed by atoms with Gasteiger partial charge < -0.3 is 10.5 Å². The fourth-order valence-electron chi connectivity index (χ4n) is 2.01. The van der Waals surface area contributed by atoms with Crippen molar-refractivity contribution in [2.45, 2.75) is 13.3 Å². The van der Waals surface area contributed by atoms with Crippen LogP contribution >= 0.6 is 0 Å². The van der Waals surface area contributed by atoms with Gasteiger partial charge in [-0.25, -0.2) is 0 Å². The molecule has 0 aromatic heterocycles. The standard InChI is InChI=1S/C15H19NO/c1-11(10-16)7-12-3-4-14-9-15(17-2)6-5-13(14)8-12/h3-6,8-9,11H,7,10,16H2,1-2H3. The first-order valence-corrected chi connectivity index (χ1v) is 5.99. The number of hydrogen-bond acceptors (Lipinski definition) is 2. The van der Waals surface area contributed by atoms with Gasteiger partial charge in [-0.1, -0.05) is 31.2 Å². The third-order valence-corrected chi connectivity index (χ3v) is 3.10. The quantitative estimate of drug-likeness (QED) is 0.874. The molecule has 2 nitrogen and oxygen atoms in total. The summed E-state index contributed by atoms with van der Waals surface area (Å²) < 4.78 is 5.22. The van der Waals surface area contributed by atoms with Crippen molar-refractivity contribution in [3.8, 4) is 5.75 Å². The third-order valence-electron chi connectivity index (χ3n) is 3.10. The highest BCUT2D eigenvalue weighted by Gasteiger charge is 2.03. The Kier molecular flexibility index (Phi) is 3.64. The summed E-state index contributed by atoms with van der Waals surface area (Å²) >= 11 is 0. The molecule has 1 unspecified atom stereocenters. The van der Waals surface area contributed by atoms with Gasteiger partial charge in [-0.2, -0.15) is 0 Å². The zero-order chi connectivity index (χ0) is 12.3. The number of benzene rings is 2. The van der Waals surface area contributed by atoms with Crippen molar-refractivity contribution in [2.75, 3.05) is 13.7 Å². The Labute approximate surface area is 102 Å². The van der Waals surface area contributed by atoms with Crippen LogP contribution in [-0.4, -0.2) is 13.7 Å². The molecule has 0 aliphatic heterocycles. The van der Waals surface area contributed by atoms with E-state index < -0.39 is 0 Å². The summed E-state index contributed by atoms with van der Waals surface area (Å²) in [6.07, 6.45) is 1.04. The molecule has 1 atom stereocenters. The van der Waals surface area contributed by atoms with Gasteiger partial charge in [0.05, 0.1) is 7.11 Å². The van der Waals surface area contributed by atoms with Crippen molar-refractivity contribution < 1.29 is 4.74 Å². The Bertz CT molecular complexity index is 507. The Hall–Kier alpha value is -1.54. The fourth-order valence-corrected chi connectivity index (χ4v) is 2.01. The maximum absolute atomic E-state index is 5.65. The molecule has 0 aliphatic carbocycles. The van der Waals surface area contributed by atoms with E-state index in [0.717, 1.165) is 18.7 Å². The molecule has 0 radical (unpaired) electrons. The minimum absolute atomic E-state index is 0.533. The van der Waals surface area contributed by atoms with Crippen LogP contribution in [0.15, 0.2) is 36.4 Å². The second-order valence-corrected chi connectivity index (χ2v) is 4.59. The Morgan fingerprint density at radius 2 is 1.82 bits per heavy atom. The van der Waals surface area contributed by atoms with Crippen LogP contribution < -0.4 is 10.5 Å². The predicted octanol–water partition coefficient (Wildman–Crippen LogP) is 2.99. The lowest BCUT2D eigenvalue weighted by molar-refractivity contribution is 0.415. The van der Waals surface area contributed by atoms with Crippen LogP contribution in [0.3, 0.4) is 0 Å². The van der Waals surface area contributed by atoms with Crippen LogP contribution in [0.1, 0.15) is 12.5 Å². The van der Waals surface area contributed by atoms with Crippen LogP contribution in [0.25, 0.3) is 10.8 Å². The first-order chi connectivity index (χ1) is 8.22. The Morgan fingerprint density at radius 3 is 2.53 bits per heavy atom. The lowest BCUT2D eigenvalue weighted by Crippen LogP contribution is -2.12. The zero-order valence-corrected chi connectivity index (χ0v) is 10.4. The SMILES string of the molecule is COc1ccc2cc(CC(C)CN)ccc2c1. The molecule has 0 amide bonds. The molecule has 90 valence electrons. The maximum Gasteiger partial charge on any atom is 0.119 e. The zero-order valence-electron chi connectivity index (χ0n) is 10.4. The van der Waals surface area contributed by atoms with Crippen LogP contribution in [0.2, 0.25) is 0 Å². The minimum Gasteiger partial charge on any atom is -0.497 e. The summed E-state index contributed by atoms with van der Waals surface area (Å²) in [6.45, 7) is 2.92. The van der Waals surface area contributed by atoms with Gasteiger partial charge in [0.25, 0.3) is 0 Å². The Balaban J connectivity index is 2.31. The number of nitrogens with two attached hydrogens (primary N) is 1. The van der Waals surface area contributed by atoms with E-state index in [1.165, 1.54) is 16.3 Å². The van der Waals surface area contributed by atoms with E-state index >= 15 is 0 Å². The van der Waals surface area contributed by atoms with Gasteiger partial charge in [0.1, 0.15) is 5.75 Å². The summed E-state index contributed by atoms with van der Waals surface area (Å²) in [6, 6.07) is 12.7. The third kappa shape index (κ3) is 2.77. The highest BCUT2D eigenvalue weighted by Crippen LogP contribution is 2.22. The lowest BCUT2D eigenvalue weighted by atomic mass is 9.98. The molecule has 0 heterocycles. The average Bonchev–Trinajstić information content (AvgIpc) is 2.38. The smallest absolute Gasteiger partial charge is 0.119 e. The molecule has 2 rings (SSSR count). The van der Waals surface area contributed by atoms with Crippen molar-refractivity contribution >= 4 is 10.8 Å². The molecule has 17 heavy (non-hydrogen) atoms. The number of methoxy groups -OCH3 is 1. The van der Waals surface area contributed by atoms with E-state index in [0.29, 0.717) is 5.92 Å².